The van der Waals surface area contributed by atoms with Crippen molar-refractivity contribution < 1.29 is 9.47 Å². The quantitative estimate of drug-likeness (QED) is 0.339. The van der Waals surface area contributed by atoms with Gasteiger partial charge in [-0.3, -0.25) is 9.89 Å². The van der Waals surface area contributed by atoms with E-state index in [0.717, 1.165) is 63.3 Å². The van der Waals surface area contributed by atoms with E-state index in [4.69, 9.17) is 9.47 Å². The molecule has 0 spiro atoms. The fourth-order valence-electron chi connectivity index (χ4n) is 4.06. The smallest absolute Gasteiger partial charge is 0.231 e. The monoisotopic (exact) mass is 551 g/mol. The van der Waals surface area contributed by atoms with Crippen LogP contribution in [0.4, 0.5) is 0 Å². The van der Waals surface area contributed by atoms with Gasteiger partial charge in [-0.25, -0.2) is 0 Å². The normalized spacial score (nSPS) is 16.2. The molecular formula is C24H34IN5O2. The van der Waals surface area contributed by atoms with E-state index in [2.05, 4.69) is 75.5 Å². The van der Waals surface area contributed by atoms with Gasteiger partial charge >= 0.3 is 0 Å². The Morgan fingerprint density at radius 1 is 0.938 bits per heavy atom. The highest BCUT2D eigenvalue weighted by Gasteiger charge is 2.21. The molecule has 0 amide bonds. The van der Waals surface area contributed by atoms with Crippen molar-refractivity contribution >= 4 is 29.9 Å². The van der Waals surface area contributed by atoms with Crippen LogP contribution in [-0.2, 0) is 19.6 Å². The molecule has 2 aromatic carbocycles. The lowest BCUT2D eigenvalue weighted by molar-refractivity contribution is 0.171. The summed E-state index contributed by atoms with van der Waals surface area (Å²) >= 11 is 0. The molecule has 0 bridgehead atoms. The zero-order valence-corrected chi connectivity index (χ0v) is 21.5. The van der Waals surface area contributed by atoms with E-state index in [1.54, 1.807) is 0 Å². The van der Waals surface area contributed by atoms with E-state index in [-0.39, 0.29) is 24.0 Å². The van der Waals surface area contributed by atoms with Crippen molar-refractivity contribution in [3.05, 3.63) is 59.2 Å². The van der Waals surface area contributed by atoms with Crippen LogP contribution in [0.15, 0.2) is 47.5 Å². The van der Waals surface area contributed by atoms with Crippen molar-refractivity contribution in [2.24, 2.45) is 4.99 Å². The number of ether oxygens (including phenoxy) is 2. The number of hydrogen-bond acceptors (Lipinski definition) is 5. The minimum atomic E-state index is 0. The van der Waals surface area contributed by atoms with Gasteiger partial charge in [0.2, 0.25) is 6.79 Å². The number of hydrogen-bond donors (Lipinski definition) is 1. The fraction of sp³-hybridized carbons (Fsp3) is 0.458. The summed E-state index contributed by atoms with van der Waals surface area (Å²) in [5.74, 6) is 2.67. The van der Waals surface area contributed by atoms with Crippen LogP contribution in [0.25, 0.3) is 0 Å². The third-order valence-electron chi connectivity index (χ3n) is 5.70. The van der Waals surface area contributed by atoms with Crippen molar-refractivity contribution in [1.29, 1.82) is 0 Å². The molecule has 0 radical (unpaired) electrons. The van der Waals surface area contributed by atoms with Gasteiger partial charge in [-0.2, -0.15) is 0 Å². The number of guanidine groups is 1. The zero-order valence-electron chi connectivity index (χ0n) is 19.2. The molecule has 4 rings (SSSR count). The molecule has 8 heteroatoms. The minimum Gasteiger partial charge on any atom is -0.454 e. The lowest BCUT2D eigenvalue weighted by Crippen LogP contribution is -2.52. The Kier molecular flexibility index (Phi) is 9.01. The van der Waals surface area contributed by atoms with Crippen molar-refractivity contribution in [3.63, 3.8) is 0 Å². The molecule has 2 aliphatic rings. The highest BCUT2D eigenvalue weighted by molar-refractivity contribution is 14.0. The average molecular weight is 551 g/mol. The van der Waals surface area contributed by atoms with Crippen molar-refractivity contribution in [3.8, 4) is 11.5 Å². The maximum Gasteiger partial charge on any atom is 0.231 e. The van der Waals surface area contributed by atoms with E-state index in [1.165, 1.54) is 16.7 Å². The molecule has 0 aliphatic carbocycles. The first-order valence-corrected chi connectivity index (χ1v) is 10.9. The van der Waals surface area contributed by atoms with Crippen molar-refractivity contribution in [2.45, 2.75) is 19.6 Å². The summed E-state index contributed by atoms with van der Waals surface area (Å²) in [6.45, 7) is 6.94. The molecular weight excluding hydrogens is 517 g/mol. The third kappa shape index (κ3) is 6.49. The molecule has 0 saturated carbocycles. The Hall–Kier alpha value is -2.04. The maximum absolute atomic E-state index is 5.50. The van der Waals surface area contributed by atoms with Crippen LogP contribution in [0.1, 0.15) is 16.7 Å². The Bertz CT molecular complexity index is 896. The van der Waals surface area contributed by atoms with Crippen LogP contribution < -0.4 is 14.8 Å². The molecule has 0 aromatic heterocycles. The molecule has 2 aromatic rings. The number of nitrogens with zero attached hydrogens (tertiary/aromatic N) is 4. The lowest BCUT2D eigenvalue weighted by atomic mass is 10.1. The zero-order chi connectivity index (χ0) is 21.6. The number of rotatable bonds is 6. The van der Waals surface area contributed by atoms with Gasteiger partial charge in [-0.15, -0.1) is 24.0 Å². The number of fused-ring (bicyclic) bond motifs is 1. The summed E-state index contributed by atoms with van der Waals surface area (Å²) < 4.78 is 10.9. The van der Waals surface area contributed by atoms with E-state index >= 15 is 0 Å². The number of halogens is 1. The van der Waals surface area contributed by atoms with Crippen LogP contribution in [0.2, 0.25) is 0 Å². The van der Waals surface area contributed by atoms with Crippen LogP contribution in [0.5, 0.6) is 11.5 Å². The van der Waals surface area contributed by atoms with Gasteiger partial charge in [0.25, 0.3) is 0 Å². The second-order valence-electron chi connectivity index (χ2n) is 8.41. The Morgan fingerprint density at radius 2 is 1.59 bits per heavy atom. The van der Waals surface area contributed by atoms with Gasteiger partial charge in [0.1, 0.15) is 0 Å². The summed E-state index contributed by atoms with van der Waals surface area (Å²) in [4.78, 5) is 11.5. The van der Waals surface area contributed by atoms with E-state index in [1.807, 2.05) is 13.1 Å². The lowest BCUT2D eigenvalue weighted by Gasteiger charge is -2.36. The van der Waals surface area contributed by atoms with Crippen LogP contribution in [0.3, 0.4) is 0 Å². The molecule has 0 unspecified atom stereocenters. The first-order valence-electron chi connectivity index (χ1n) is 10.9. The standard InChI is InChI=1S/C24H33N5O2.HI/c1-25-24(26-15-19-4-6-20(7-5-19)16-27(2)3)29-12-10-28(11-13-29)17-21-8-9-22-23(14-21)31-18-30-22;/h4-9,14H,10-13,15-18H2,1-3H3,(H,25,26);1H. The number of piperazine rings is 1. The predicted molar refractivity (Wildman–Crippen MR) is 139 cm³/mol. The minimum absolute atomic E-state index is 0. The molecule has 32 heavy (non-hydrogen) atoms. The second kappa shape index (κ2) is 11.7. The van der Waals surface area contributed by atoms with Crippen LogP contribution >= 0.6 is 24.0 Å². The molecule has 7 nitrogen and oxygen atoms in total. The number of aliphatic imine (C=N–C) groups is 1. The summed E-state index contributed by atoms with van der Waals surface area (Å²) in [5.41, 5.74) is 3.86. The summed E-state index contributed by atoms with van der Waals surface area (Å²) in [6.07, 6.45) is 0. The number of benzene rings is 2. The summed E-state index contributed by atoms with van der Waals surface area (Å²) in [7, 11) is 6.05. The maximum atomic E-state index is 5.50. The van der Waals surface area contributed by atoms with Gasteiger partial charge in [-0.05, 0) is 42.9 Å². The molecule has 174 valence electrons. The van der Waals surface area contributed by atoms with E-state index in [0.29, 0.717) is 6.79 Å². The van der Waals surface area contributed by atoms with Gasteiger partial charge < -0.3 is 24.6 Å². The summed E-state index contributed by atoms with van der Waals surface area (Å²) in [6, 6.07) is 15.0. The van der Waals surface area contributed by atoms with Gasteiger partial charge in [0.05, 0.1) is 0 Å². The largest absolute Gasteiger partial charge is 0.454 e. The van der Waals surface area contributed by atoms with Crippen molar-refractivity contribution in [1.82, 2.24) is 20.0 Å². The molecule has 2 aliphatic heterocycles. The highest BCUT2D eigenvalue weighted by atomic mass is 127. The molecule has 1 fully saturated rings. The molecule has 0 atom stereocenters. The average Bonchev–Trinajstić information content (AvgIpc) is 3.24. The van der Waals surface area contributed by atoms with Gasteiger partial charge in [0.15, 0.2) is 17.5 Å². The summed E-state index contributed by atoms with van der Waals surface area (Å²) in [5, 5.41) is 3.53. The second-order valence-corrected chi connectivity index (χ2v) is 8.41. The van der Waals surface area contributed by atoms with Crippen molar-refractivity contribution in [2.75, 3.05) is 54.1 Å². The SMILES string of the molecule is CN=C(NCc1ccc(CN(C)C)cc1)N1CCN(Cc2ccc3c(c2)OCO3)CC1.I. The van der Waals surface area contributed by atoms with E-state index < -0.39 is 0 Å². The first-order chi connectivity index (χ1) is 15.1. The molecule has 2 heterocycles. The Labute approximate surface area is 208 Å². The Morgan fingerprint density at radius 3 is 2.28 bits per heavy atom. The third-order valence-corrected chi connectivity index (χ3v) is 5.70. The fourth-order valence-corrected chi connectivity index (χ4v) is 4.06. The Balaban J connectivity index is 0.00000289. The van der Waals surface area contributed by atoms with Gasteiger partial charge in [-0.1, -0.05) is 30.3 Å². The van der Waals surface area contributed by atoms with Crippen LogP contribution in [-0.4, -0.2) is 74.8 Å². The molecule has 1 N–H and O–H groups in total. The van der Waals surface area contributed by atoms with E-state index in [9.17, 15) is 0 Å². The number of nitrogens with one attached hydrogen (secondary N) is 1. The predicted octanol–water partition coefficient (Wildman–Crippen LogP) is 2.99. The van der Waals surface area contributed by atoms with Crippen LogP contribution in [0, 0.1) is 0 Å². The van der Waals surface area contributed by atoms with Gasteiger partial charge in [0, 0.05) is 52.9 Å². The first kappa shape index (κ1) is 24.6. The molecule has 1 saturated heterocycles. The topological polar surface area (TPSA) is 52.6 Å². The highest BCUT2D eigenvalue weighted by Crippen LogP contribution is 2.32.